The van der Waals surface area contributed by atoms with Crippen molar-refractivity contribution in [2.75, 3.05) is 12.3 Å². The predicted octanol–water partition coefficient (Wildman–Crippen LogP) is 4.67. The van der Waals surface area contributed by atoms with E-state index in [1.165, 1.54) is 12.8 Å². The van der Waals surface area contributed by atoms with Crippen molar-refractivity contribution < 1.29 is 18.8 Å². The molecule has 0 radical (unpaired) electrons. The highest BCUT2D eigenvalue weighted by Gasteiger charge is 2.40. The number of carbonyl (C=O) groups is 1. The zero-order valence-electron chi connectivity index (χ0n) is 22.5. The number of nitrogens with two attached hydrogens (primary N) is 2. The van der Waals surface area contributed by atoms with E-state index in [0.717, 1.165) is 0 Å². The Balaban J connectivity index is 0.000000683. The summed E-state index contributed by atoms with van der Waals surface area (Å²) in [5.41, 5.74) is 11.3. The molecule has 1 aliphatic rings. The highest BCUT2D eigenvalue weighted by atomic mass is 35.5. The molecule has 3 heterocycles. The lowest BCUT2D eigenvalue weighted by Gasteiger charge is -2.23. The van der Waals surface area contributed by atoms with Crippen LogP contribution in [-0.2, 0) is 18.8 Å². The third-order valence-corrected chi connectivity index (χ3v) is 4.53. The maximum Gasteiger partial charge on any atom is 0.322 e. The minimum Gasteiger partial charge on any atom is -0.462 e. The Kier molecular flexibility index (Phi) is 16.5. The summed E-state index contributed by atoms with van der Waals surface area (Å²) in [5, 5.41) is 0.0660. The number of rotatable bonds is 5. The number of nitrogen functional groups attached to an aromatic ring is 1. The van der Waals surface area contributed by atoms with Crippen molar-refractivity contribution in [2.45, 2.75) is 98.1 Å². The van der Waals surface area contributed by atoms with Crippen molar-refractivity contribution in [3.8, 4) is 12.3 Å². The van der Waals surface area contributed by atoms with E-state index in [2.05, 4.69) is 58.0 Å². The molecule has 1 aliphatic heterocycles. The standard InChI is InChI=1S/C12H13ClN5O2P.C6H13NO2.2C3H8/c1-2-12(5-19-21)4-3-7(20-12)18-6-15-8-9(14)16-11(13)17-10(8)18;1-4(2)9-6(8)5(3)7;2*1-3-2/h1,6-7H,3-5,21H2,(H2,14,16,17);4-5H,7H2,1-3H3;2*3H2,1-2H3. The van der Waals surface area contributed by atoms with Crippen LogP contribution in [0.4, 0.5) is 5.82 Å². The molecule has 3 rings (SSSR count). The Labute approximate surface area is 222 Å². The molecule has 4 unspecified atom stereocenters. The number of ether oxygens (including phenoxy) is 2. The molecule has 2 aromatic heterocycles. The molecular weight excluding hydrogens is 503 g/mol. The number of carbonyl (C=O) groups excluding carboxylic acids is 1. The molecule has 1 saturated heterocycles. The first-order chi connectivity index (χ1) is 16.9. The first-order valence-electron chi connectivity index (χ1n) is 12.0. The average molecular weight is 545 g/mol. The predicted molar refractivity (Wildman–Crippen MR) is 148 cm³/mol. The Bertz CT molecular complexity index is 964. The van der Waals surface area contributed by atoms with Crippen LogP contribution < -0.4 is 11.5 Å². The second-order valence-electron chi connectivity index (χ2n) is 8.45. The summed E-state index contributed by atoms with van der Waals surface area (Å²) < 4.78 is 17.6. The number of hydrogen-bond donors (Lipinski definition) is 2. The molecule has 2 aromatic rings. The van der Waals surface area contributed by atoms with Crippen LogP contribution in [0.1, 0.15) is 80.4 Å². The second-order valence-corrected chi connectivity index (χ2v) is 9.12. The molecule has 0 amide bonds. The Morgan fingerprint density at radius 3 is 2.36 bits per heavy atom. The van der Waals surface area contributed by atoms with Gasteiger partial charge in [0.25, 0.3) is 0 Å². The number of terminal acetylenes is 1. The van der Waals surface area contributed by atoms with Gasteiger partial charge in [0, 0.05) is 9.47 Å². The van der Waals surface area contributed by atoms with Gasteiger partial charge in [-0.15, -0.1) is 6.42 Å². The van der Waals surface area contributed by atoms with Gasteiger partial charge in [-0.05, 0) is 45.2 Å². The Morgan fingerprint density at radius 1 is 1.33 bits per heavy atom. The van der Waals surface area contributed by atoms with Gasteiger partial charge in [0.1, 0.15) is 17.8 Å². The van der Waals surface area contributed by atoms with Crippen molar-refractivity contribution in [2.24, 2.45) is 5.73 Å². The topological polar surface area (TPSA) is 140 Å². The lowest BCUT2D eigenvalue weighted by molar-refractivity contribution is -0.148. The number of hydrogen-bond acceptors (Lipinski definition) is 9. The summed E-state index contributed by atoms with van der Waals surface area (Å²) in [6.07, 6.45) is 10.7. The fourth-order valence-electron chi connectivity index (χ4n) is 2.78. The van der Waals surface area contributed by atoms with Gasteiger partial charge in [0.05, 0.1) is 19.0 Å². The van der Waals surface area contributed by atoms with E-state index >= 15 is 0 Å². The van der Waals surface area contributed by atoms with Crippen LogP contribution in [0.25, 0.3) is 11.2 Å². The Hall–Kier alpha value is -2.02. The molecule has 0 spiro atoms. The van der Waals surface area contributed by atoms with E-state index < -0.39 is 11.6 Å². The number of nitrogens with zero attached hydrogens (tertiary/aromatic N) is 4. The highest BCUT2D eigenvalue weighted by Crippen LogP contribution is 2.38. The van der Waals surface area contributed by atoms with E-state index in [-0.39, 0.29) is 29.4 Å². The van der Waals surface area contributed by atoms with Crippen molar-refractivity contribution in [3.63, 3.8) is 0 Å². The van der Waals surface area contributed by atoms with Crippen molar-refractivity contribution in [1.29, 1.82) is 0 Å². The van der Waals surface area contributed by atoms with E-state index in [9.17, 15) is 4.79 Å². The van der Waals surface area contributed by atoms with Crippen LogP contribution in [0, 0.1) is 12.3 Å². The van der Waals surface area contributed by atoms with E-state index in [4.69, 9.17) is 43.5 Å². The molecule has 36 heavy (non-hydrogen) atoms. The first kappa shape index (κ1) is 34.0. The largest absolute Gasteiger partial charge is 0.462 e. The molecule has 1 fully saturated rings. The summed E-state index contributed by atoms with van der Waals surface area (Å²) >= 11 is 5.85. The van der Waals surface area contributed by atoms with Crippen LogP contribution in [0.5, 0.6) is 0 Å². The molecule has 10 nitrogen and oxygen atoms in total. The van der Waals surface area contributed by atoms with Crippen LogP contribution in [-0.4, -0.2) is 49.8 Å². The number of halogens is 1. The summed E-state index contributed by atoms with van der Waals surface area (Å²) in [5.74, 6) is 2.56. The quantitative estimate of drug-likeness (QED) is 0.238. The normalized spacial score (nSPS) is 19.1. The molecule has 0 aliphatic carbocycles. The fraction of sp³-hybridized carbons (Fsp3) is 0.667. The minimum atomic E-state index is -0.745. The van der Waals surface area contributed by atoms with Gasteiger partial charge in [-0.1, -0.05) is 46.5 Å². The van der Waals surface area contributed by atoms with Crippen molar-refractivity contribution in [3.05, 3.63) is 11.6 Å². The number of imidazole rings is 1. The summed E-state index contributed by atoms with van der Waals surface area (Å²) in [7, 11) is 2.18. The monoisotopic (exact) mass is 544 g/mol. The fourth-order valence-corrected chi connectivity index (χ4v) is 3.22. The summed E-state index contributed by atoms with van der Waals surface area (Å²) in [6.45, 7) is 14.0. The van der Waals surface area contributed by atoms with Crippen LogP contribution in [0.15, 0.2) is 6.33 Å². The SMILES string of the molecule is C#CC1(COP)CCC(n2cnc3c(N)nc(Cl)nc32)O1.CC(C)OC(=O)C(C)N.CCC.CCC. The van der Waals surface area contributed by atoms with Crippen LogP contribution >= 0.6 is 21.1 Å². The smallest absolute Gasteiger partial charge is 0.322 e. The van der Waals surface area contributed by atoms with Gasteiger partial charge in [0.15, 0.2) is 17.1 Å². The molecule has 0 saturated carbocycles. The molecule has 0 bridgehead atoms. The Morgan fingerprint density at radius 2 is 1.92 bits per heavy atom. The minimum absolute atomic E-state index is 0.0660. The summed E-state index contributed by atoms with van der Waals surface area (Å²) in [6, 6.07) is -0.507. The second kappa shape index (κ2) is 17.4. The lowest BCUT2D eigenvalue weighted by Crippen LogP contribution is -2.31. The zero-order chi connectivity index (χ0) is 27.9. The number of anilines is 1. The molecule has 12 heteroatoms. The molecule has 4 N–H and O–H groups in total. The van der Waals surface area contributed by atoms with Gasteiger partial charge in [-0.25, -0.2) is 4.98 Å². The molecule has 0 aromatic carbocycles. The van der Waals surface area contributed by atoms with Crippen LogP contribution in [0.3, 0.4) is 0 Å². The van der Waals surface area contributed by atoms with Gasteiger partial charge in [0.2, 0.25) is 5.28 Å². The van der Waals surface area contributed by atoms with Crippen molar-refractivity contribution >= 4 is 44.0 Å². The van der Waals surface area contributed by atoms with Gasteiger partial charge >= 0.3 is 5.97 Å². The maximum atomic E-state index is 10.6. The molecule has 4 atom stereocenters. The van der Waals surface area contributed by atoms with Crippen molar-refractivity contribution in [1.82, 2.24) is 19.5 Å². The third kappa shape index (κ3) is 10.9. The molecular formula is C24H42ClN6O4P. The first-order valence-corrected chi connectivity index (χ1v) is 12.9. The van der Waals surface area contributed by atoms with E-state index in [1.807, 2.05) is 0 Å². The zero-order valence-corrected chi connectivity index (χ0v) is 24.4. The number of fused-ring (bicyclic) bond motifs is 1. The number of aromatic nitrogens is 4. The number of esters is 1. The van der Waals surface area contributed by atoms with Gasteiger partial charge < -0.3 is 25.5 Å². The van der Waals surface area contributed by atoms with E-state index in [1.54, 1.807) is 31.7 Å². The maximum absolute atomic E-state index is 10.6. The summed E-state index contributed by atoms with van der Waals surface area (Å²) in [4.78, 5) is 22.9. The lowest BCUT2D eigenvalue weighted by atomic mass is 10.0. The van der Waals surface area contributed by atoms with Gasteiger partial charge in [-0.3, -0.25) is 9.36 Å². The average Bonchev–Trinajstić information content (AvgIpc) is 3.40. The third-order valence-electron chi connectivity index (χ3n) is 4.19. The van der Waals surface area contributed by atoms with Gasteiger partial charge in [-0.2, -0.15) is 9.97 Å². The highest BCUT2D eigenvalue weighted by molar-refractivity contribution is 7.09. The van der Waals surface area contributed by atoms with Crippen LogP contribution in [0.2, 0.25) is 5.28 Å². The molecule has 204 valence electrons. The van der Waals surface area contributed by atoms with E-state index in [0.29, 0.717) is 30.6 Å².